The summed E-state index contributed by atoms with van der Waals surface area (Å²) in [7, 11) is 0. The fourth-order valence-electron chi connectivity index (χ4n) is 2.05. The molecule has 0 aliphatic rings. The van der Waals surface area contributed by atoms with Gasteiger partial charge >= 0.3 is 6.03 Å². The highest BCUT2D eigenvalue weighted by molar-refractivity contribution is 5.99. The predicted molar refractivity (Wildman–Crippen MR) is 104 cm³/mol. The van der Waals surface area contributed by atoms with Crippen LogP contribution in [0.15, 0.2) is 24.3 Å². The molecule has 4 N–H and O–H groups in total. The van der Waals surface area contributed by atoms with Crippen LogP contribution >= 0.6 is 0 Å². The third-order valence-corrected chi connectivity index (χ3v) is 3.42. The Hall–Kier alpha value is -2.57. The van der Waals surface area contributed by atoms with Crippen molar-refractivity contribution < 1.29 is 14.4 Å². The van der Waals surface area contributed by atoms with Crippen molar-refractivity contribution in [2.75, 3.05) is 17.2 Å². The topological polar surface area (TPSA) is 99.3 Å². The van der Waals surface area contributed by atoms with Gasteiger partial charge in [-0.3, -0.25) is 9.59 Å². The lowest BCUT2D eigenvalue weighted by atomic mass is 9.96. The number of anilines is 2. The van der Waals surface area contributed by atoms with E-state index in [1.807, 2.05) is 34.6 Å². The first kappa shape index (κ1) is 21.5. The van der Waals surface area contributed by atoms with E-state index in [2.05, 4.69) is 21.3 Å². The Labute approximate surface area is 155 Å². The molecule has 0 aromatic heterocycles. The summed E-state index contributed by atoms with van der Waals surface area (Å²) in [6.45, 7) is 9.70. The minimum atomic E-state index is -0.441. The highest BCUT2D eigenvalue weighted by atomic mass is 16.2. The number of benzene rings is 1. The summed E-state index contributed by atoms with van der Waals surface area (Å²) in [6, 6.07) is 6.70. The second-order valence-electron chi connectivity index (χ2n) is 7.46. The lowest BCUT2D eigenvalue weighted by Crippen LogP contribution is -2.35. The average Bonchev–Trinajstić information content (AvgIpc) is 2.51. The van der Waals surface area contributed by atoms with E-state index < -0.39 is 5.41 Å². The second kappa shape index (κ2) is 9.79. The van der Waals surface area contributed by atoms with Crippen LogP contribution in [0.1, 0.15) is 47.5 Å². The Kier molecular flexibility index (Phi) is 8.09. The molecule has 0 radical (unpaired) electrons. The maximum atomic E-state index is 12.1. The Bertz CT molecular complexity index is 636. The lowest BCUT2D eigenvalue weighted by molar-refractivity contribution is -0.128. The van der Waals surface area contributed by atoms with Crippen molar-refractivity contribution in [3.05, 3.63) is 24.3 Å². The smallest absolute Gasteiger partial charge is 0.319 e. The summed E-state index contributed by atoms with van der Waals surface area (Å²) in [5, 5.41) is 11.1. The van der Waals surface area contributed by atoms with Crippen LogP contribution in [-0.4, -0.2) is 30.4 Å². The molecule has 1 aromatic carbocycles. The van der Waals surface area contributed by atoms with Crippen LogP contribution in [0.4, 0.5) is 16.2 Å². The summed E-state index contributed by atoms with van der Waals surface area (Å²) in [5.74, 6) is -0.211. The van der Waals surface area contributed by atoms with Gasteiger partial charge in [0.2, 0.25) is 11.8 Å². The molecular formula is C19H30N4O3. The van der Waals surface area contributed by atoms with Gasteiger partial charge in [-0.1, -0.05) is 32.9 Å². The van der Waals surface area contributed by atoms with Crippen molar-refractivity contribution in [2.24, 2.45) is 5.41 Å². The maximum absolute atomic E-state index is 12.1. The molecule has 4 amide bonds. The molecule has 0 fully saturated rings. The van der Waals surface area contributed by atoms with Crippen molar-refractivity contribution in [1.29, 1.82) is 0 Å². The van der Waals surface area contributed by atoms with E-state index in [9.17, 15) is 14.4 Å². The number of urea groups is 1. The molecule has 7 heteroatoms. The molecule has 0 aliphatic heterocycles. The normalized spacial score (nSPS) is 11.0. The highest BCUT2D eigenvalue weighted by Gasteiger charge is 2.20. The largest absolute Gasteiger partial charge is 0.356 e. The summed E-state index contributed by atoms with van der Waals surface area (Å²) in [4.78, 5) is 35.7. The first-order valence-electron chi connectivity index (χ1n) is 8.84. The van der Waals surface area contributed by atoms with E-state index >= 15 is 0 Å². The Morgan fingerprint density at radius 1 is 1.00 bits per heavy atom. The first-order chi connectivity index (χ1) is 12.1. The van der Waals surface area contributed by atoms with E-state index in [0.29, 0.717) is 24.3 Å². The maximum Gasteiger partial charge on any atom is 0.319 e. The van der Waals surface area contributed by atoms with E-state index in [-0.39, 0.29) is 30.3 Å². The molecule has 1 aromatic rings. The number of hydrogen-bond acceptors (Lipinski definition) is 3. The third-order valence-electron chi connectivity index (χ3n) is 3.42. The molecule has 0 saturated heterocycles. The monoisotopic (exact) mass is 362 g/mol. The molecule has 0 bridgehead atoms. The van der Waals surface area contributed by atoms with Crippen LogP contribution < -0.4 is 21.3 Å². The zero-order valence-corrected chi connectivity index (χ0v) is 16.2. The van der Waals surface area contributed by atoms with Crippen LogP contribution in [0.2, 0.25) is 0 Å². The Morgan fingerprint density at radius 2 is 1.58 bits per heavy atom. The van der Waals surface area contributed by atoms with Gasteiger partial charge in [0, 0.05) is 24.4 Å². The SMILES string of the molecule is CC(C)NC(=O)Nc1ccccc1NC(=O)CCCNC(=O)C(C)(C)C. The molecule has 0 aliphatic carbocycles. The number of amides is 4. The van der Waals surface area contributed by atoms with Crippen molar-refractivity contribution in [3.63, 3.8) is 0 Å². The van der Waals surface area contributed by atoms with E-state index in [4.69, 9.17) is 0 Å². The van der Waals surface area contributed by atoms with Crippen LogP contribution in [0.3, 0.4) is 0 Å². The molecule has 0 atom stereocenters. The van der Waals surface area contributed by atoms with Gasteiger partial charge in [0.05, 0.1) is 11.4 Å². The van der Waals surface area contributed by atoms with Crippen molar-refractivity contribution in [2.45, 2.75) is 53.5 Å². The van der Waals surface area contributed by atoms with Gasteiger partial charge in [0.25, 0.3) is 0 Å². The molecule has 0 saturated carbocycles. The van der Waals surface area contributed by atoms with Crippen LogP contribution in [0.25, 0.3) is 0 Å². The van der Waals surface area contributed by atoms with Crippen molar-refractivity contribution in [3.8, 4) is 0 Å². The fourth-order valence-corrected chi connectivity index (χ4v) is 2.05. The molecule has 0 spiro atoms. The summed E-state index contributed by atoms with van der Waals surface area (Å²) in [5.41, 5.74) is 0.624. The number of rotatable bonds is 7. The van der Waals surface area contributed by atoms with Gasteiger partial charge in [-0.25, -0.2) is 4.79 Å². The number of para-hydroxylation sites is 2. The minimum absolute atomic E-state index is 0.0139. The van der Waals surface area contributed by atoms with Gasteiger partial charge in [-0.05, 0) is 32.4 Å². The third kappa shape index (κ3) is 8.00. The van der Waals surface area contributed by atoms with Gasteiger partial charge < -0.3 is 21.3 Å². The minimum Gasteiger partial charge on any atom is -0.356 e. The lowest BCUT2D eigenvalue weighted by Gasteiger charge is -2.17. The number of carbonyl (C=O) groups is 3. The van der Waals surface area contributed by atoms with Crippen molar-refractivity contribution >= 4 is 29.2 Å². The summed E-state index contributed by atoms with van der Waals surface area (Å²) >= 11 is 0. The summed E-state index contributed by atoms with van der Waals surface area (Å²) < 4.78 is 0. The molecule has 1 rings (SSSR count). The van der Waals surface area contributed by atoms with E-state index in [0.717, 1.165) is 0 Å². The number of nitrogens with one attached hydrogen (secondary N) is 4. The zero-order chi connectivity index (χ0) is 19.7. The molecule has 26 heavy (non-hydrogen) atoms. The molecule has 144 valence electrons. The molecular weight excluding hydrogens is 332 g/mol. The van der Waals surface area contributed by atoms with Crippen LogP contribution in [-0.2, 0) is 9.59 Å². The average molecular weight is 362 g/mol. The van der Waals surface area contributed by atoms with Gasteiger partial charge in [-0.2, -0.15) is 0 Å². The second-order valence-corrected chi connectivity index (χ2v) is 7.46. The van der Waals surface area contributed by atoms with Crippen LogP contribution in [0, 0.1) is 5.41 Å². The van der Waals surface area contributed by atoms with Gasteiger partial charge in [-0.15, -0.1) is 0 Å². The molecule has 7 nitrogen and oxygen atoms in total. The zero-order valence-electron chi connectivity index (χ0n) is 16.2. The van der Waals surface area contributed by atoms with E-state index in [1.165, 1.54) is 0 Å². The predicted octanol–water partition coefficient (Wildman–Crippen LogP) is 3.10. The first-order valence-corrected chi connectivity index (χ1v) is 8.84. The summed E-state index contributed by atoms with van der Waals surface area (Å²) in [6.07, 6.45) is 0.814. The number of hydrogen-bond donors (Lipinski definition) is 4. The van der Waals surface area contributed by atoms with Crippen molar-refractivity contribution in [1.82, 2.24) is 10.6 Å². The Balaban J connectivity index is 2.49. The standard InChI is InChI=1S/C19H30N4O3/c1-13(2)21-18(26)23-15-10-7-6-9-14(15)22-16(24)11-8-12-20-17(25)19(3,4)5/h6-7,9-10,13H,8,11-12H2,1-5H3,(H,20,25)(H,22,24)(H2,21,23,26). The highest BCUT2D eigenvalue weighted by Crippen LogP contribution is 2.21. The van der Waals surface area contributed by atoms with Crippen LogP contribution in [0.5, 0.6) is 0 Å². The van der Waals surface area contributed by atoms with Gasteiger partial charge in [0.1, 0.15) is 0 Å². The quantitative estimate of drug-likeness (QED) is 0.561. The molecule has 0 heterocycles. The van der Waals surface area contributed by atoms with E-state index in [1.54, 1.807) is 24.3 Å². The fraction of sp³-hybridized carbons (Fsp3) is 0.526. The Morgan fingerprint density at radius 3 is 2.12 bits per heavy atom. The molecule has 0 unspecified atom stereocenters. The van der Waals surface area contributed by atoms with Gasteiger partial charge in [0.15, 0.2) is 0 Å². The number of carbonyl (C=O) groups excluding carboxylic acids is 3.